The van der Waals surface area contributed by atoms with Gasteiger partial charge in [0.05, 0.1) is 47.3 Å². The van der Waals surface area contributed by atoms with Crippen molar-refractivity contribution in [2.24, 2.45) is 14.1 Å². The first-order valence-corrected chi connectivity index (χ1v) is 22.7. The van der Waals surface area contributed by atoms with Crippen molar-refractivity contribution < 1.29 is 49.2 Å². The fraction of sp³-hybridized carbons (Fsp3) is 0.302. The Morgan fingerprint density at radius 3 is 2.03 bits per heavy atom. The number of anilines is 1. The number of oxazole rings is 1. The Balaban J connectivity index is 1.26. The first kappa shape index (κ1) is 40.1. The van der Waals surface area contributed by atoms with Crippen molar-refractivity contribution in [3.8, 4) is 5.75 Å². The first-order valence-electron chi connectivity index (χ1n) is 19.5. The van der Waals surface area contributed by atoms with E-state index in [9.17, 15) is 30.7 Å². The molecule has 2 N–H and O–H groups in total. The Bertz CT molecular complexity index is 3080. The summed E-state index contributed by atoms with van der Waals surface area (Å²) in [4.78, 5) is 15.1. The van der Waals surface area contributed by atoms with Gasteiger partial charge in [0.1, 0.15) is 0 Å². The van der Waals surface area contributed by atoms with E-state index in [1.54, 1.807) is 19.1 Å². The van der Waals surface area contributed by atoms with Crippen LogP contribution >= 0.6 is 0 Å². The molecule has 14 nitrogen and oxygen atoms in total. The number of aromatic nitrogens is 3. The van der Waals surface area contributed by atoms with Crippen LogP contribution in [0.3, 0.4) is 0 Å². The molecule has 0 saturated heterocycles. The van der Waals surface area contributed by atoms with E-state index in [0.717, 1.165) is 54.8 Å². The molecular formula is C43H45N4O10S2+. The van der Waals surface area contributed by atoms with Crippen molar-refractivity contribution in [3.05, 3.63) is 96.2 Å². The maximum absolute atomic E-state index is 13.2. The van der Waals surface area contributed by atoms with Gasteiger partial charge in [0.2, 0.25) is 11.5 Å². The second-order valence-electron chi connectivity index (χ2n) is 14.8. The van der Waals surface area contributed by atoms with E-state index in [-0.39, 0.29) is 37.4 Å². The van der Waals surface area contributed by atoms with E-state index in [2.05, 4.69) is 45.5 Å². The summed E-state index contributed by atoms with van der Waals surface area (Å²) in [5.41, 5.74) is 6.62. The molecule has 0 spiro atoms. The highest BCUT2D eigenvalue weighted by Gasteiger charge is 2.30. The maximum Gasteiger partial charge on any atom is 0.374 e. The fourth-order valence-electron chi connectivity index (χ4n) is 8.13. The minimum atomic E-state index is -4.15. The van der Waals surface area contributed by atoms with E-state index in [1.165, 1.54) is 0 Å². The average Bonchev–Trinajstić information content (AvgIpc) is 3.87. The molecule has 0 fully saturated rings. The molecule has 0 bridgehead atoms. The Morgan fingerprint density at radius 1 is 0.780 bits per heavy atom. The summed E-state index contributed by atoms with van der Waals surface area (Å²) in [5.74, 6) is 0.133. The van der Waals surface area contributed by atoms with Gasteiger partial charge < -0.3 is 27.9 Å². The number of aryl methyl sites for hydroxylation is 3. The highest BCUT2D eigenvalue weighted by Crippen LogP contribution is 2.44. The summed E-state index contributed by atoms with van der Waals surface area (Å²) in [6.07, 6.45) is 4.58. The number of rotatable bonds is 15. The van der Waals surface area contributed by atoms with Gasteiger partial charge in [0, 0.05) is 83.9 Å². The number of allylic oxidation sites excluding steroid dienone is 1. The van der Waals surface area contributed by atoms with Crippen molar-refractivity contribution in [3.63, 3.8) is 0 Å². The molecule has 0 aliphatic carbocycles. The van der Waals surface area contributed by atoms with Crippen molar-refractivity contribution in [1.82, 2.24) is 9.13 Å². The number of para-hydroxylation sites is 2. The van der Waals surface area contributed by atoms with Gasteiger partial charge in [-0.05, 0) is 50.0 Å². The van der Waals surface area contributed by atoms with Gasteiger partial charge in [-0.1, -0.05) is 36.4 Å². The van der Waals surface area contributed by atoms with Gasteiger partial charge in [-0.3, -0.25) is 13.9 Å². The Morgan fingerprint density at radius 2 is 1.39 bits per heavy atom. The van der Waals surface area contributed by atoms with Crippen LogP contribution in [0.5, 0.6) is 5.75 Å². The van der Waals surface area contributed by atoms with Crippen molar-refractivity contribution in [2.45, 2.75) is 45.6 Å². The molecule has 4 heterocycles. The molecule has 0 amide bonds. The predicted molar refractivity (Wildman–Crippen MR) is 227 cm³/mol. The minimum Gasteiger partial charge on any atom is -0.466 e. The van der Waals surface area contributed by atoms with E-state index in [4.69, 9.17) is 13.9 Å². The molecule has 8 rings (SSSR count). The number of hydrogen-bond donors (Lipinski definition) is 2. The fourth-order valence-corrected chi connectivity index (χ4v) is 9.27. The summed E-state index contributed by atoms with van der Waals surface area (Å²) in [5, 5.41) is 4.14. The molecule has 308 valence electrons. The number of benzene rings is 4. The molecule has 0 unspecified atom stereocenters. The predicted octanol–water partition coefficient (Wildman–Crippen LogP) is 7.42. The van der Waals surface area contributed by atoms with E-state index >= 15 is 0 Å². The third-order valence-corrected chi connectivity index (χ3v) is 12.5. The number of nitrogens with zero attached hydrogens (tertiary/aromatic N) is 4. The second-order valence-corrected chi connectivity index (χ2v) is 18.0. The van der Waals surface area contributed by atoms with Gasteiger partial charge >= 0.3 is 11.9 Å². The number of carbonyl (C=O) groups is 1. The van der Waals surface area contributed by atoms with Crippen molar-refractivity contribution in [2.75, 3.05) is 29.6 Å². The average molecular weight is 842 g/mol. The lowest BCUT2D eigenvalue weighted by Gasteiger charge is -2.19. The summed E-state index contributed by atoms with van der Waals surface area (Å²) < 4.78 is 89.9. The molecule has 0 atom stereocenters. The highest BCUT2D eigenvalue weighted by atomic mass is 32.2. The largest absolute Gasteiger partial charge is 0.466 e. The summed E-state index contributed by atoms with van der Waals surface area (Å²) in [6, 6.07) is 24.2. The SMILES string of the molecule is CCOC(=O)CC(=C\c1oc2cc3c(cc2[n+]1CCCCS(=O)(=O)O)c1ccccc1n3C)/C=C1/Oc2cc3c(cc2N1CCCCS(=O)(=O)O)c1ccccc1n3C. The number of fused-ring (bicyclic) bond motifs is 8. The highest BCUT2D eigenvalue weighted by molar-refractivity contribution is 7.86. The smallest absolute Gasteiger partial charge is 0.374 e. The summed E-state index contributed by atoms with van der Waals surface area (Å²) in [6.45, 7) is 2.59. The third kappa shape index (κ3) is 8.17. The van der Waals surface area contributed by atoms with Gasteiger partial charge in [0.25, 0.3) is 25.8 Å². The van der Waals surface area contributed by atoms with Crippen molar-refractivity contribution in [1.29, 1.82) is 0 Å². The molecule has 16 heteroatoms. The standard InChI is InChI=1S/C43H44N4O10S2/c1-4-55-43(48)23-28(21-41-46(17-9-11-19-58(49,50)51)37-24-31-29-13-5-7-15-33(29)44(2)35(31)26-39(37)56-41)22-42-47(18-10-12-20-59(52,53)54)38-25-32-30-14-6-8-16-34(30)45(3)36(32)27-40(38)57-42/h5-8,13-16,21-22,24-27H,4,9-12,17-20,23H2,1-3H3,(H-,49,50,51,52,53,54)/p+1. The lowest BCUT2D eigenvalue weighted by atomic mass is 10.1. The van der Waals surface area contributed by atoms with Crippen LogP contribution in [0.2, 0.25) is 0 Å². The second kappa shape index (κ2) is 15.8. The van der Waals surface area contributed by atoms with Crippen LogP contribution in [0.4, 0.5) is 5.69 Å². The quantitative estimate of drug-likeness (QED) is 0.0455. The van der Waals surface area contributed by atoms with Crippen LogP contribution in [0.25, 0.3) is 60.8 Å². The normalized spacial score (nSPS) is 14.4. The van der Waals surface area contributed by atoms with Crippen LogP contribution in [-0.4, -0.2) is 65.7 Å². The number of carbonyl (C=O) groups excluding carboxylic acids is 1. The Labute approximate surface area is 341 Å². The number of ether oxygens (including phenoxy) is 2. The van der Waals surface area contributed by atoms with Crippen LogP contribution < -0.4 is 14.2 Å². The topological polar surface area (TPSA) is 174 Å². The Kier molecular flexibility index (Phi) is 10.8. The summed E-state index contributed by atoms with van der Waals surface area (Å²) in [7, 11) is -4.32. The van der Waals surface area contributed by atoms with Crippen molar-refractivity contribution >= 4 is 92.7 Å². The number of hydrogen-bond acceptors (Lipinski definition) is 9. The molecule has 0 saturated carbocycles. The van der Waals surface area contributed by atoms with Crippen LogP contribution in [-0.2, 0) is 50.4 Å². The van der Waals surface area contributed by atoms with E-state index in [0.29, 0.717) is 54.6 Å². The lowest BCUT2D eigenvalue weighted by Crippen LogP contribution is -2.35. The molecule has 1 aliphatic rings. The number of esters is 1. The minimum absolute atomic E-state index is 0.146. The molecule has 59 heavy (non-hydrogen) atoms. The van der Waals surface area contributed by atoms with Crippen LogP contribution in [0, 0.1) is 0 Å². The summed E-state index contributed by atoms with van der Waals surface area (Å²) >= 11 is 0. The monoisotopic (exact) mass is 841 g/mol. The van der Waals surface area contributed by atoms with Gasteiger partial charge in [0.15, 0.2) is 12.3 Å². The van der Waals surface area contributed by atoms with Crippen LogP contribution in [0.15, 0.2) is 94.7 Å². The molecule has 7 aromatic rings. The van der Waals surface area contributed by atoms with E-state index in [1.807, 2.05) is 60.0 Å². The van der Waals surface area contributed by atoms with Crippen LogP contribution in [0.1, 0.15) is 44.9 Å². The molecular weight excluding hydrogens is 797 g/mol. The third-order valence-electron chi connectivity index (χ3n) is 10.9. The van der Waals surface area contributed by atoms with E-state index < -0.39 is 26.2 Å². The first-order chi connectivity index (χ1) is 28.2. The lowest BCUT2D eigenvalue weighted by molar-refractivity contribution is -0.678. The van der Waals surface area contributed by atoms with Gasteiger partial charge in [-0.15, -0.1) is 0 Å². The maximum atomic E-state index is 13.2. The molecule has 1 aliphatic heterocycles. The van der Waals surface area contributed by atoms with Gasteiger partial charge in [-0.2, -0.15) is 21.4 Å². The molecule has 0 radical (unpaired) electrons. The number of unbranched alkanes of at least 4 members (excludes halogenated alkanes) is 2. The molecule has 3 aromatic heterocycles. The Hall–Kier alpha value is -5.68. The van der Waals surface area contributed by atoms with Gasteiger partial charge in [-0.25, -0.2) is 0 Å². The zero-order valence-corrected chi connectivity index (χ0v) is 34.6. The zero-order chi connectivity index (χ0) is 41.6. The molecule has 4 aromatic carbocycles. The zero-order valence-electron chi connectivity index (χ0n) is 32.9.